The number of rotatable bonds is 4. The average Bonchev–Trinajstić information content (AvgIpc) is 2.29. The molecule has 1 aromatic carbocycles. The minimum atomic E-state index is -0.0294. The van der Waals surface area contributed by atoms with Gasteiger partial charge in [0.15, 0.2) is 0 Å². The lowest BCUT2D eigenvalue weighted by Crippen LogP contribution is -2.31. The Balaban J connectivity index is 2.63. The van der Waals surface area contributed by atoms with Crippen molar-refractivity contribution in [1.29, 1.82) is 0 Å². The average molecular weight is 332 g/mol. The third kappa shape index (κ3) is 3.75. The first-order valence-electron chi connectivity index (χ1n) is 5.29. The van der Waals surface area contributed by atoms with Gasteiger partial charge in [-0.25, -0.2) is 0 Å². The highest BCUT2D eigenvalue weighted by Gasteiger charge is 2.08. The number of hydrogen-bond donors (Lipinski definition) is 2. The molecule has 0 aliphatic rings. The van der Waals surface area contributed by atoms with Crippen LogP contribution in [0.1, 0.15) is 22.8 Å². The van der Waals surface area contributed by atoms with Crippen LogP contribution >= 0.6 is 22.6 Å². The fourth-order valence-corrected chi connectivity index (χ4v) is 1.70. The van der Waals surface area contributed by atoms with Gasteiger partial charge in [-0.2, -0.15) is 0 Å². The fourth-order valence-electron chi connectivity index (χ4n) is 1.19. The van der Waals surface area contributed by atoms with Crippen molar-refractivity contribution < 1.29 is 4.79 Å². The van der Waals surface area contributed by atoms with Crippen molar-refractivity contribution in [2.24, 2.45) is 11.7 Å². The first-order chi connectivity index (χ1) is 7.54. The molecular formula is C12H17IN2O. The van der Waals surface area contributed by atoms with E-state index < -0.39 is 0 Å². The Morgan fingerprint density at radius 2 is 2.25 bits per heavy atom. The Morgan fingerprint density at radius 3 is 2.81 bits per heavy atom. The van der Waals surface area contributed by atoms with Crippen LogP contribution in [-0.4, -0.2) is 19.0 Å². The van der Waals surface area contributed by atoms with Crippen molar-refractivity contribution in [3.8, 4) is 0 Å². The molecule has 3 nitrogen and oxygen atoms in total. The number of halogens is 1. The molecule has 1 amide bonds. The summed E-state index contributed by atoms with van der Waals surface area (Å²) in [5.41, 5.74) is 7.38. The molecule has 1 atom stereocenters. The number of carbonyl (C=O) groups is 1. The van der Waals surface area contributed by atoms with E-state index in [0.717, 1.165) is 3.57 Å². The van der Waals surface area contributed by atoms with Crippen molar-refractivity contribution >= 4 is 28.5 Å². The zero-order valence-electron chi connectivity index (χ0n) is 9.59. The number of hydrogen-bond acceptors (Lipinski definition) is 2. The lowest BCUT2D eigenvalue weighted by atomic mass is 10.1. The molecule has 0 bridgehead atoms. The van der Waals surface area contributed by atoms with Crippen LogP contribution in [0.25, 0.3) is 0 Å². The Morgan fingerprint density at radius 1 is 1.56 bits per heavy atom. The molecule has 1 rings (SSSR count). The summed E-state index contributed by atoms with van der Waals surface area (Å²) in [6.07, 6.45) is 0. The minimum Gasteiger partial charge on any atom is -0.352 e. The van der Waals surface area contributed by atoms with Crippen LogP contribution in [0.4, 0.5) is 0 Å². The molecule has 0 aromatic heterocycles. The van der Waals surface area contributed by atoms with Gasteiger partial charge < -0.3 is 11.1 Å². The third-order valence-electron chi connectivity index (χ3n) is 2.45. The Kier molecular flexibility index (Phi) is 5.21. The lowest BCUT2D eigenvalue weighted by molar-refractivity contribution is 0.0948. The molecule has 0 aliphatic heterocycles. The number of amides is 1. The largest absolute Gasteiger partial charge is 0.352 e. The molecule has 4 heteroatoms. The Bertz CT molecular complexity index is 379. The quantitative estimate of drug-likeness (QED) is 0.828. The first-order valence-corrected chi connectivity index (χ1v) is 6.37. The van der Waals surface area contributed by atoms with Gasteiger partial charge in [0, 0.05) is 15.7 Å². The summed E-state index contributed by atoms with van der Waals surface area (Å²) >= 11 is 2.23. The summed E-state index contributed by atoms with van der Waals surface area (Å²) in [7, 11) is 0. The van der Waals surface area contributed by atoms with Crippen molar-refractivity contribution in [1.82, 2.24) is 5.32 Å². The molecule has 88 valence electrons. The molecule has 0 saturated heterocycles. The monoisotopic (exact) mass is 332 g/mol. The highest BCUT2D eigenvalue weighted by atomic mass is 127. The molecule has 16 heavy (non-hydrogen) atoms. The maximum absolute atomic E-state index is 11.8. The topological polar surface area (TPSA) is 55.1 Å². The standard InChI is InChI=1S/C12H17IN2O/c1-8(6-14)7-15-12(16)10-4-3-9(2)11(13)5-10/h3-5,8H,6-7,14H2,1-2H3,(H,15,16). The Labute approximate surface area is 110 Å². The fraction of sp³-hybridized carbons (Fsp3) is 0.417. The van der Waals surface area contributed by atoms with E-state index in [2.05, 4.69) is 27.9 Å². The second-order valence-electron chi connectivity index (χ2n) is 4.01. The van der Waals surface area contributed by atoms with Gasteiger partial charge in [-0.3, -0.25) is 4.79 Å². The highest BCUT2D eigenvalue weighted by Crippen LogP contribution is 2.13. The molecule has 0 saturated carbocycles. The van der Waals surface area contributed by atoms with E-state index in [0.29, 0.717) is 24.6 Å². The zero-order chi connectivity index (χ0) is 12.1. The molecule has 0 radical (unpaired) electrons. The van der Waals surface area contributed by atoms with Gasteiger partial charge in [0.2, 0.25) is 0 Å². The van der Waals surface area contributed by atoms with Gasteiger partial charge in [-0.1, -0.05) is 13.0 Å². The van der Waals surface area contributed by atoms with E-state index in [9.17, 15) is 4.79 Å². The van der Waals surface area contributed by atoms with Crippen LogP contribution in [-0.2, 0) is 0 Å². The maximum Gasteiger partial charge on any atom is 0.251 e. The highest BCUT2D eigenvalue weighted by molar-refractivity contribution is 14.1. The van der Waals surface area contributed by atoms with Crippen LogP contribution < -0.4 is 11.1 Å². The SMILES string of the molecule is Cc1ccc(C(=O)NCC(C)CN)cc1I. The van der Waals surface area contributed by atoms with Gasteiger partial charge in [0.25, 0.3) is 5.91 Å². The summed E-state index contributed by atoms with van der Waals surface area (Å²) in [4.78, 5) is 11.8. The van der Waals surface area contributed by atoms with Crippen molar-refractivity contribution in [2.75, 3.05) is 13.1 Å². The van der Waals surface area contributed by atoms with Crippen LogP contribution in [0.2, 0.25) is 0 Å². The number of aryl methyl sites for hydroxylation is 1. The predicted molar refractivity (Wildman–Crippen MR) is 74.4 cm³/mol. The predicted octanol–water partition coefficient (Wildman–Crippen LogP) is 1.92. The van der Waals surface area contributed by atoms with Crippen molar-refractivity contribution in [3.63, 3.8) is 0 Å². The van der Waals surface area contributed by atoms with Crippen LogP contribution in [0, 0.1) is 16.4 Å². The Hall–Kier alpha value is -0.620. The van der Waals surface area contributed by atoms with E-state index in [4.69, 9.17) is 5.73 Å². The number of nitrogens with one attached hydrogen (secondary N) is 1. The minimum absolute atomic E-state index is 0.0294. The number of carbonyl (C=O) groups excluding carboxylic acids is 1. The first kappa shape index (κ1) is 13.4. The lowest BCUT2D eigenvalue weighted by Gasteiger charge is -2.10. The molecule has 1 aromatic rings. The molecule has 0 aliphatic carbocycles. The van der Waals surface area contributed by atoms with E-state index in [-0.39, 0.29) is 5.91 Å². The van der Waals surface area contributed by atoms with E-state index in [1.807, 2.05) is 32.0 Å². The number of benzene rings is 1. The van der Waals surface area contributed by atoms with Crippen LogP contribution in [0.15, 0.2) is 18.2 Å². The molecule has 0 fully saturated rings. The second kappa shape index (κ2) is 6.20. The summed E-state index contributed by atoms with van der Waals surface area (Å²) in [5.74, 6) is 0.284. The van der Waals surface area contributed by atoms with Gasteiger partial charge in [0.1, 0.15) is 0 Å². The molecule has 0 heterocycles. The van der Waals surface area contributed by atoms with E-state index in [1.165, 1.54) is 5.56 Å². The summed E-state index contributed by atoms with van der Waals surface area (Å²) in [6.45, 7) is 5.25. The maximum atomic E-state index is 11.8. The van der Waals surface area contributed by atoms with Crippen molar-refractivity contribution in [2.45, 2.75) is 13.8 Å². The molecule has 1 unspecified atom stereocenters. The van der Waals surface area contributed by atoms with Gasteiger partial charge >= 0.3 is 0 Å². The summed E-state index contributed by atoms with van der Waals surface area (Å²) < 4.78 is 1.11. The van der Waals surface area contributed by atoms with E-state index in [1.54, 1.807) is 0 Å². The third-order valence-corrected chi connectivity index (χ3v) is 3.61. The van der Waals surface area contributed by atoms with Crippen LogP contribution in [0.3, 0.4) is 0 Å². The summed E-state index contributed by atoms with van der Waals surface area (Å²) in [5, 5.41) is 2.87. The molecular weight excluding hydrogens is 315 g/mol. The smallest absolute Gasteiger partial charge is 0.251 e. The van der Waals surface area contributed by atoms with Gasteiger partial charge in [-0.15, -0.1) is 0 Å². The van der Waals surface area contributed by atoms with E-state index >= 15 is 0 Å². The zero-order valence-corrected chi connectivity index (χ0v) is 11.7. The number of nitrogens with two attached hydrogens (primary N) is 1. The van der Waals surface area contributed by atoms with Crippen LogP contribution in [0.5, 0.6) is 0 Å². The molecule has 0 spiro atoms. The van der Waals surface area contributed by atoms with Gasteiger partial charge in [-0.05, 0) is 59.7 Å². The summed E-state index contributed by atoms with van der Waals surface area (Å²) in [6, 6.07) is 5.71. The van der Waals surface area contributed by atoms with Crippen molar-refractivity contribution in [3.05, 3.63) is 32.9 Å². The second-order valence-corrected chi connectivity index (χ2v) is 5.18. The molecule has 3 N–H and O–H groups in total. The normalized spacial score (nSPS) is 12.2. The van der Waals surface area contributed by atoms with Gasteiger partial charge in [0.05, 0.1) is 0 Å².